The van der Waals surface area contributed by atoms with Gasteiger partial charge in [-0.25, -0.2) is 4.68 Å². The summed E-state index contributed by atoms with van der Waals surface area (Å²) >= 11 is 1.10. The Kier molecular flexibility index (Phi) is 5.81. The van der Waals surface area contributed by atoms with E-state index in [1.54, 1.807) is 24.4 Å². The van der Waals surface area contributed by atoms with E-state index in [-0.39, 0.29) is 17.4 Å². The number of anilines is 1. The monoisotopic (exact) mass is 392 g/mol. The number of nitrogen functional groups attached to an aromatic ring is 1. The number of nitrogens with one attached hydrogen (secondary N) is 1. The molecule has 2 aromatic heterocycles. The van der Waals surface area contributed by atoms with Crippen LogP contribution in [-0.4, -0.2) is 38.1 Å². The minimum Gasteiger partial charge on any atom is -0.435 e. The summed E-state index contributed by atoms with van der Waals surface area (Å²) in [7, 11) is 0. The smallest absolute Gasteiger partial charge is 0.387 e. The second-order valence-corrected chi connectivity index (χ2v) is 6.07. The normalized spacial score (nSPS) is 10.8. The number of alkyl halides is 2. The Morgan fingerprint density at radius 2 is 2.00 bits per heavy atom. The molecule has 8 nitrogen and oxygen atoms in total. The zero-order valence-corrected chi connectivity index (χ0v) is 14.6. The Hall–Kier alpha value is -3.21. The zero-order valence-electron chi connectivity index (χ0n) is 13.8. The number of amides is 1. The molecule has 0 saturated heterocycles. The number of hydrogen-bond donors (Lipinski definition) is 2. The van der Waals surface area contributed by atoms with Crippen LogP contribution in [0, 0.1) is 0 Å². The number of carbonyl (C=O) groups is 1. The highest BCUT2D eigenvalue weighted by Crippen LogP contribution is 2.21. The van der Waals surface area contributed by atoms with Gasteiger partial charge in [0.2, 0.25) is 16.9 Å². The first-order valence-electron chi connectivity index (χ1n) is 7.62. The molecule has 1 aromatic carbocycles. The fourth-order valence-corrected chi connectivity index (χ4v) is 2.75. The van der Waals surface area contributed by atoms with Crippen LogP contribution in [0.15, 0.2) is 53.8 Å². The summed E-state index contributed by atoms with van der Waals surface area (Å²) in [5.74, 6) is 6.07. The minimum atomic E-state index is -2.90. The predicted octanol–water partition coefficient (Wildman–Crippen LogP) is 2.39. The molecule has 3 rings (SSSR count). The van der Waals surface area contributed by atoms with Crippen LogP contribution in [-0.2, 0) is 4.79 Å². The molecule has 3 N–H and O–H groups in total. The summed E-state index contributed by atoms with van der Waals surface area (Å²) in [6.07, 6.45) is 1.61. The van der Waals surface area contributed by atoms with Crippen molar-refractivity contribution < 1.29 is 18.3 Å². The largest absolute Gasteiger partial charge is 0.435 e. The number of ether oxygens (including phenoxy) is 1. The van der Waals surface area contributed by atoms with E-state index in [9.17, 15) is 13.6 Å². The minimum absolute atomic E-state index is 0.00987. The van der Waals surface area contributed by atoms with E-state index < -0.39 is 6.61 Å². The van der Waals surface area contributed by atoms with Crippen molar-refractivity contribution in [2.75, 3.05) is 16.9 Å². The number of hydrogen-bond acceptors (Lipinski definition) is 7. The van der Waals surface area contributed by atoms with Crippen molar-refractivity contribution in [1.82, 2.24) is 19.9 Å². The van der Waals surface area contributed by atoms with Gasteiger partial charge in [-0.05, 0) is 36.4 Å². The van der Waals surface area contributed by atoms with Crippen molar-refractivity contribution in [1.29, 1.82) is 0 Å². The maximum Gasteiger partial charge on any atom is 0.387 e. The number of carbonyl (C=O) groups excluding carboxylic acids is 1. The van der Waals surface area contributed by atoms with Gasteiger partial charge in [-0.3, -0.25) is 9.78 Å². The van der Waals surface area contributed by atoms with Gasteiger partial charge >= 0.3 is 6.61 Å². The van der Waals surface area contributed by atoms with E-state index >= 15 is 0 Å². The third-order valence-electron chi connectivity index (χ3n) is 3.25. The van der Waals surface area contributed by atoms with Gasteiger partial charge in [-0.15, -0.1) is 10.2 Å². The molecule has 140 valence electrons. The highest BCUT2D eigenvalue weighted by molar-refractivity contribution is 7.99. The third-order valence-corrected chi connectivity index (χ3v) is 4.20. The van der Waals surface area contributed by atoms with Gasteiger partial charge in [-0.1, -0.05) is 17.8 Å². The van der Waals surface area contributed by atoms with Crippen LogP contribution < -0.4 is 15.9 Å². The highest BCUT2D eigenvalue weighted by atomic mass is 32.2. The maximum absolute atomic E-state index is 12.1. The van der Waals surface area contributed by atoms with Crippen molar-refractivity contribution in [3.63, 3.8) is 0 Å². The van der Waals surface area contributed by atoms with Crippen molar-refractivity contribution >= 4 is 23.4 Å². The second kappa shape index (κ2) is 8.45. The Balaban J connectivity index is 1.56. The molecule has 0 fully saturated rings. The molecule has 3 aromatic rings. The van der Waals surface area contributed by atoms with Crippen molar-refractivity contribution in [2.24, 2.45) is 0 Å². The van der Waals surface area contributed by atoms with Gasteiger partial charge in [0.05, 0.1) is 5.75 Å². The topological polar surface area (TPSA) is 108 Å². The first-order chi connectivity index (χ1) is 13.0. The maximum atomic E-state index is 12.1. The summed E-state index contributed by atoms with van der Waals surface area (Å²) in [5.41, 5.74) is 1.01. The summed E-state index contributed by atoms with van der Waals surface area (Å²) in [5, 5.41) is 10.9. The lowest BCUT2D eigenvalue weighted by atomic mass is 10.3. The van der Waals surface area contributed by atoms with Gasteiger partial charge < -0.3 is 15.9 Å². The molecule has 2 heterocycles. The van der Waals surface area contributed by atoms with Crippen molar-refractivity contribution in [2.45, 2.75) is 11.8 Å². The predicted molar refractivity (Wildman–Crippen MR) is 95.8 cm³/mol. The molecule has 0 aliphatic heterocycles. The van der Waals surface area contributed by atoms with Crippen LogP contribution in [0.5, 0.6) is 5.75 Å². The standard InChI is InChI=1S/C16H14F2N6O2S/c17-15(18)26-11-6-4-10(5-7-11)21-13(25)9-27-16-23-22-14(24(16)19)12-3-1-2-8-20-12/h1-8,15H,9,19H2,(H,21,25). The quantitative estimate of drug-likeness (QED) is 0.469. The molecule has 0 aliphatic carbocycles. The van der Waals surface area contributed by atoms with Gasteiger partial charge in [0.15, 0.2) is 0 Å². The van der Waals surface area contributed by atoms with Crippen LogP contribution in [0.1, 0.15) is 0 Å². The van der Waals surface area contributed by atoms with E-state index in [4.69, 9.17) is 5.84 Å². The first-order valence-corrected chi connectivity index (χ1v) is 8.61. The lowest BCUT2D eigenvalue weighted by molar-refractivity contribution is -0.113. The van der Waals surface area contributed by atoms with Crippen LogP contribution in [0.2, 0.25) is 0 Å². The van der Waals surface area contributed by atoms with Crippen LogP contribution in [0.25, 0.3) is 11.5 Å². The molecule has 0 radical (unpaired) electrons. The van der Waals surface area contributed by atoms with Crippen molar-refractivity contribution in [3.05, 3.63) is 48.7 Å². The SMILES string of the molecule is Nn1c(SCC(=O)Nc2ccc(OC(F)F)cc2)nnc1-c1ccccn1. The number of aromatic nitrogens is 4. The Labute approximate surface area is 156 Å². The highest BCUT2D eigenvalue weighted by Gasteiger charge is 2.14. The van der Waals surface area contributed by atoms with Gasteiger partial charge in [0.1, 0.15) is 11.4 Å². The summed E-state index contributed by atoms with van der Waals surface area (Å²) in [6, 6.07) is 10.9. The Morgan fingerprint density at radius 1 is 1.22 bits per heavy atom. The first kappa shape index (κ1) is 18.6. The molecule has 1 amide bonds. The molecule has 0 saturated carbocycles. The average molecular weight is 392 g/mol. The molecule has 0 aliphatic rings. The molecule has 0 unspecified atom stereocenters. The van der Waals surface area contributed by atoms with E-state index in [2.05, 4.69) is 25.2 Å². The number of rotatable bonds is 7. The molecule has 0 spiro atoms. The van der Waals surface area contributed by atoms with Gasteiger partial charge in [0, 0.05) is 11.9 Å². The Morgan fingerprint density at radius 3 is 2.67 bits per heavy atom. The fourth-order valence-electron chi connectivity index (χ4n) is 2.09. The summed E-state index contributed by atoms with van der Waals surface area (Å²) in [4.78, 5) is 16.2. The molecule has 11 heteroatoms. The molecular weight excluding hydrogens is 378 g/mol. The number of halogens is 2. The van der Waals surface area contributed by atoms with E-state index in [0.717, 1.165) is 11.8 Å². The fraction of sp³-hybridized carbons (Fsp3) is 0.125. The van der Waals surface area contributed by atoms with Crippen LogP contribution >= 0.6 is 11.8 Å². The van der Waals surface area contributed by atoms with E-state index in [1.165, 1.54) is 28.9 Å². The second-order valence-electron chi connectivity index (χ2n) is 5.13. The van der Waals surface area contributed by atoms with Crippen LogP contribution in [0.4, 0.5) is 14.5 Å². The molecule has 0 atom stereocenters. The van der Waals surface area contributed by atoms with E-state index in [1.807, 2.05) is 0 Å². The molecule has 0 bridgehead atoms. The summed E-state index contributed by atoms with van der Waals surface area (Å²) < 4.78 is 29.7. The van der Waals surface area contributed by atoms with Gasteiger partial charge in [0.25, 0.3) is 0 Å². The van der Waals surface area contributed by atoms with Gasteiger partial charge in [-0.2, -0.15) is 8.78 Å². The molecule has 27 heavy (non-hydrogen) atoms. The lowest BCUT2D eigenvalue weighted by Crippen LogP contribution is -2.16. The number of nitrogens with two attached hydrogens (primary N) is 1. The van der Waals surface area contributed by atoms with Crippen LogP contribution in [0.3, 0.4) is 0 Å². The third kappa shape index (κ3) is 4.91. The number of thioether (sulfide) groups is 1. The summed E-state index contributed by atoms with van der Waals surface area (Å²) in [6.45, 7) is -2.90. The zero-order chi connectivity index (χ0) is 19.2. The number of nitrogens with zero attached hydrogens (tertiary/aromatic N) is 4. The van der Waals surface area contributed by atoms with E-state index in [0.29, 0.717) is 22.4 Å². The van der Waals surface area contributed by atoms with Crippen molar-refractivity contribution in [3.8, 4) is 17.3 Å². The number of pyridine rings is 1. The molecular formula is C16H14F2N6O2S. The lowest BCUT2D eigenvalue weighted by Gasteiger charge is -2.07. The average Bonchev–Trinajstić information content (AvgIpc) is 3.02. The Bertz CT molecular complexity index is 905. The number of benzene rings is 1.